The third kappa shape index (κ3) is 2.27. The summed E-state index contributed by atoms with van der Waals surface area (Å²) >= 11 is 0. The van der Waals surface area contributed by atoms with Crippen LogP contribution in [0.1, 0.15) is 37.5 Å². The lowest BCUT2D eigenvalue weighted by Gasteiger charge is -2.06. The highest BCUT2D eigenvalue weighted by molar-refractivity contribution is 5.04. The van der Waals surface area contributed by atoms with E-state index >= 15 is 0 Å². The monoisotopic (exact) mass is 221 g/mol. The molecule has 2 aromatic heterocycles. The van der Waals surface area contributed by atoms with Gasteiger partial charge in [0, 0.05) is 18.7 Å². The zero-order chi connectivity index (χ0) is 11.5. The molecule has 0 fully saturated rings. The van der Waals surface area contributed by atoms with Crippen LogP contribution in [0.25, 0.3) is 0 Å². The van der Waals surface area contributed by atoms with Gasteiger partial charge in [0.15, 0.2) is 5.82 Å². The van der Waals surface area contributed by atoms with E-state index in [1.807, 2.05) is 16.9 Å². The van der Waals surface area contributed by atoms with Crippen molar-refractivity contribution in [3.05, 3.63) is 30.1 Å². The minimum absolute atomic E-state index is 0.330. The molecule has 0 saturated carbocycles. The van der Waals surface area contributed by atoms with Crippen molar-refractivity contribution in [2.45, 2.75) is 32.4 Å². The van der Waals surface area contributed by atoms with Gasteiger partial charge in [0.2, 0.25) is 0 Å². The molecular formula is C10H15N5O. The first-order valence-corrected chi connectivity index (χ1v) is 5.24. The molecule has 0 spiro atoms. The summed E-state index contributed by atoms with van der Waals surface area (Å²) in [5.41, 5.74) is 0.845. The highest BCUT2D eigenvalue weighted by Crippen LogP contribution is 2.13. The van der Waals surface area contributed by atoms with Crippen molar-refractivity contribution >= 4 is 0 Å². The van der Waals surface area contributed by atoms with Gasteiger partial charge in [-0.3, -0.25) is 9.78 Å². The number of aromatic amines is 1. The van der Waals surface area contributed by atoms with E-state index in [4.69, 9.17) is 0 Å². The zero-order valence-electron chi connectivity index (χ0n) is 9.33. The molecule has 2 N–H and O–H groups in total. The Bertz CT molecular complexity index is 434. The number of H-pyrrole nitrogens is 1. The predicted molar refractivity (Wildman–Crippen MR) is 57.7 cm³/mol. The Balaban J connectivity index is 2.03. The first kappa shape index (κ1) is 10.8. The molecule has 0 aromatic carbocycles. The van der Waals surface area contributed by atoms with Crippen LogP contribution in [0.5, 0.6) is 0 Å². The minimum Gasteiger partial charge on any atom is -0.385 e. The molecule has 0 bridgehead atoms. The Morgan fingerprint density at radius 3 is 2.88 bits per heavy atom. The topological polar surface area (TPSA) is 79.6 Å². The molecule has 2 heterocycles. The van der Waals surface area contributed by atoms with Crippen LogP contribution in [0.2, 0.25) is 0 Å². The van der Waals surface area contributed by atoms with Gasteiger partial charge in [-0.15, -0.1) is 0 Å². The lowest BCUT2D eigenvalue weighted by atomic mass is 10.2. The Kier molecular flexibility index (Phi) is 3.00. The third-order valence-corrected chi connectivity index (χ3v) is 2.34. The molecule has 16 heavy (non-hydrogen) atoms. The number of nitrogens with one attached hydrogen (secondary N) is 1. The number of aliphatic hydroxyl groups is 1. The summed E-state index contributed by atoms with van der Waals surface area (Å²) in [5, 5.41) is 20.5. The van der Waals surface area contributed by atoms with Gasteiger partial charge >= 0.3 is 0 Å². The van der Waals surface area contributed by atoms with Gasteiger partial charge in [-0.1, -0.05) is 0 Å². The minimum atomic E-state index is -0.682. The molecule has 1 atom stereocenters. The molecule has 6 heteroatoms. The van der Waals surface area contributed by atoms with Crippen LogP contribution in [0.15, 0.2) is 18.6 Å². The second-order valence-corrected chi connectivity index (χ2v) is 3.97. The summed E-state index contributed by atoms with van der Waals surface area (Å²) in [5.74, 6) is 0.471. The van der Waals surface area contributed by atoms with Crippen LogP contribution in [0.3, 0.4) is 0 Å². The van der Waals surface area contributed by atoms with Gasteiger partial charge < -0.3 is 5.11 Å². The van der Waals surface area contributed by atoms with Crippen molar-refractivity contribution in [3.63, 3.8) is 0 Å². The summed E-state index contributed by atoms with van der Waals surface area (Å²) in [6.45, 7) is 4.12. The molecule has 0 amide bonds. The van der Waals surface area contributed by atoms with Gasteiger partial charge in [0.1, 0.15) is 12.4 Å². The van der Waals surface area contributed by atoms with E-state index in [1.165, 1.54) is 6.33 Å². The molecule has 2 aromatic rings. The zero-order valence-corrected chi connectivity index (χ0v) is 9.33. The Labute approximate surface area is 93.3 Å². The van der Waals surface area contributed by atoms with Crippen LogP contribution in [-0.2, 0) is 6.42 Å². The van der Waals surface area contributed by atoms with Crippen molar-refractivity contribution < 1.29 is 5.11 Å². The van der Waals surface area contributed by atoms with E-state index in [2.05, 4.69) is 34.1 Å². The molecule has 1 unspecified atom stereocenters. The van der Waals surface area contributed by atoms with Gasteiger partial charge in [-0.2, -0.15) is 10.2 Å². The lowest BCUT2D eigenvalue weighted by Crippen LogP contribution is -2.06. The standard InChI is InChI=1S/C10H15N5O/c1-7(2)15-4-3-8(14-15)5-9(16)10-11-6-12-13-10/h3-4,6-7,9,16H,5H2,1-2H3,(H,11,12,13). The molecule has 0 aliphatic heterocycles. The van der Waals surface area contributed by atoms with E-state index in [-0.39, 0.29) is 0 Å². The number of nitrogens with zero attached hydrogens (tertiary/aromatic N) is 4. The average Bonchev–Trinajstić information content (AvgIpc) is 2.87. The number of aromatic nitrogens is 5. The SMILES string of the molecule is CC(C)n1ccc(CC(O)c2ncn[nH]2)n1. The fraction of sp³-hybridized carbons (Fsp3) is 0.500. The molecule has 2 rings (SSSR count). The van der Waals surface area contributed by atoms with Crippen LogP contribution in [0.4, 0.5) is 0 Å². The van der Waals surface area contributed by atoms with Crippen molar-refractivity contribution in [2.75, 3.05) is 0 Å². The molecule has 0 aliphatic carbocycles. The van der Waals surface area contributed by atoms with E-state index in [0.717, 1.165) is 5.69 Å². The van der Waals surface area contributed by atoms with E-state index in [1.54, 1.807) is 0 Å². The molecule has 0 radical (unpaired) electrons. The molecular weight excluding hydrogens is 206 g/mol. The van der Waals surface area contributed by atoms with Crippen molar-refractivity contribution in [3.8, 4) is 0 Å². The van der Waals surface area contributed by atoms with E-state index in [0.29, 0.717) is 18.3 Å². The summed E-state index contributed by atoms with van der Waals surface area (Å²) in [6.07, 6.45) is 3.05. The largest absolute Gasteiger partial charge is 0.385 e. The highest BCUT2D eigenvalue weighted by Gasteiger charge is 2.13. The second kappa shape index (κ2) is 4.44. The maximum absolute atomic E-state index is 9.83. The molecule has 0 aliphatic rings. The lowest BCUT2D eigenvalue weighted by molar-refractivity contribution is 0.167. The summed E-state index contributed by atoms with van der Waals surface area (Å²) in [7, 11) is 0. The highest BCUT2D eigenvalue weighted by atomic mass is 16.3. The first-order valence-electron chi connectivity index (χ1n) is 5.24. The van der Waals surface area contributed by atoms with E-state index in [9.17, 15) is 5.11 Å². The average molecular weight is 221 g/mol. The Morgan fingerprint density at radius 2 is 2.31 bits per heavy atom. The van der Waals surface area contributed by atoms with Crippen LogP contribution >= 0.6 is 0 Å². The summed E-state index contributed by atoms with van der Waals surface area (Å²) < 4.78 is 1.86. The maximum atomic E-state index is 9.83. The smallest absolute Gasteiger partial charge is 0.153 e. The summed E-state index contributed by atoms with van der Waals surface area (Å²) in [4.78, 5) is 3.90. The third-order valence-electron chi connectivity index (χ3n) is 2.34. The predicted octanol–water partition coefficient (Wildman–Crippen LogP) is 0.858. The van der Waals surface area contributed by atoms with Crippen molar-refractivity contribution in [1.82, 2.24) is 25.0 Å². The Morgan fingerprint density at radius 1 is 1.50 bits per heavy atom. The van der Waals surface area contributed by atoms with Crippen molar-refractivity contribution in [1.29, 1.82) is 0 Å². The van der Waals surface area contributed by atoms with Gasteiger partial charge in [0.25, 0.3) is 0 Å². The fourth-order valence-corrected chi connectivity index (χ4v) is 1.44. The quantitative estimate of drug-likeness (QED) is 0.802. The normalized spacial score (nSPS) is 13.2. The number of hydrogen-bond acceptors (Lipinski definition) is 4. The molecule has 86 valence electrons. The molecule has 0 saturated heterocycles. The van der Waals surface area contributed by atoms with Crippen LogP contribution in [0, 0.1) is 0 Å². The second-order valence-electron chi connectivity index (χ2n) is 3.97. The number of rotatable bonds is 4. The van der Waals surface area contributed by atoms with E-state index < -0.39 is 6.10 Å². The van der Waals surface area contributed by atoms with Crippen molar-refractivity contribution in [2.24, 2.45) is 0 Å². The number of hydrogen-bond donors (Lipinski definition) is 2. The van der Waals surface area contributed by atoms with Crippen LogP contribution in [-0.4, -0.2) is 30.1 Å². The molecule has 6 nitrogen and oxygen atoms in total. The van der Waals surface area contributed by atoms with Gasteiger partial charge in [-0.25, -0.2) is 4.98 Å². The Hall–Kier alpha value is -1.69. The van der Waals surface area contributed by atoms with Crippen LogP contribution < -0.4 is 0 Å². The first-order chi connectivity index (χ1) is 7.66. The fourth-order valence-electron chi connectivity index (χ4n) is 1.44. The van der Waals surface area contributed by atoms with Gasteiger partial charge in [-0.05, 0) is 19.9 Å². The summed E-state index contributed by atoms with van der Waals surface area (Å²) in [6, 6.07) is 2.23. The number of aliphatic hydroxyl groups excluding tert-OH is 1. The van der Waals surface area contributed by atoms with Gasteiger partial charge in [0.05, 0.1) is 5.69 Å². The maximum Gasteiger partial charge on any atom is 0.153 e.